The van der Waals surface area contributed by atoms with Gasteiger partial charge in [-0.3, -0.25) is 9.48 Å². The molecular formula is C16H19N3O2. The number of hydrogen-bond acceptors (Lipinski definition) is 3. The van der Waals surface area contributed by atoms with Crippen LogP contribution in [0.15, 0.2) is 42.7 Å². The second kappa shape index (κ2) is 7.28. The van der Waals surface area contributed by atoms with Crippen LogP contribution in [0, 0.1) is 0 Å². The lowest BCUT2D eigenvalue weighted by Crippen LogP contribution is -2.06. The van der Waals surface area contributed by atoms with Crippen LogP contribution in [-0.2, 0) is 11.3 Å². The summed E-state index contributed by atoms with van der Waals surface area (Å²) in [5, 5.41) is 6.86. The molecule has 0 bridgehead atoms. The van der Waals surface area contributed by atoms with Crippen molar-refractivity contribution in [2.45, 2.75) is 20.4 Å². The van der Waals surface area contributed by atoms with Crippen LogP contribution >= 0.6 is 0 Å². The Hall–Kier alpha value is -2.56. The van der Waals surface area contributed by atoms with E-state index in [2.05, 4.69) is 10.4 Å². The molecule has 2 rings (SSSR count). The molecule has 0 fully saturated rings. The van der Waals surface area contributed by atoms with Gasteiger partial charge in [0.1, 0.15) is 5.75 Å². The Kier molecular flexibility index (Phi) is 5.15. The van der Waals surface area contributed by atoms with E-state index in [0.717, 1.165) is 17.9 Å². The first kappa shape index (κ1) is 14.8. The van der Waals surface area contributed by atoms with Crippen LogP contribution < -0.4 is 10.1 Å². The van der Waals surface area contributed by atoms with Gasteiger partial charge in [-0.1, -0.05) is 12.1 Å². The molecule has 21 heavy (non-hydrogen) atoms. The number of carbonyl (C=O) groups excluding carboxylic acids is 1. The van der Waals surface area contributed by atoms with Gasteiger partial charge in [0.2, 0.25) is 5.91 Å². The molecule has 5 nitrogen and oxygen atoms in total. The molecule has 2 aromatic rings. The number of ether oxygens (including phenoxy) is 1. The largest absolute Gasteiger partial charge is 0.494 e. The van der Waals surface area contributed by atoms with E-state index in [1.807, 2.05) is 38.1 Å². The van der Waals surface area contributed by atoms with Gasteiger partial charge in [-0.05, 0) is 37.6 Å². The van der Waals surface area contributed by atoms with Crippen molar-refractivity contribution in [2.75, 3.05) is 11.9 Å². The zero-order valence-corrected chi connectivity index (χ0v) is 12.2. The molecule has 0 unspecified atom stereocenters. The Morgan fingerprint density at radius 3 is 2.71 bits per heavy atom. The fourth-order valence-electron chi connectivity index (χ4n) is 1.80. The highest BCUT2D eigenvalue weighted by molar-refractivity contribution is 6.01. The smallest absolute Gasteiger partial charge is 0.248 e. The summed E-state index contributed by atoms with van der Waals surface area (Å²) in [4.78, 5) is 11.8. The lowest BCUT2D eigenvalue weighted by molar-refractivity contribution is -0.111. The summed E-state index contributed by atoms with van der Waals surface area (Å²) in [6, 6.07) is 7.58. The van der Waals surface area contributed by atoms with Crippen molar-refractivity contribution in [3.05, 3.63) is 48.3 Å². The first-order valence-corrected chi connectivity index (χ1v) is 6.95. The van der Waals surface area contributed by atoms with Crippen molar-refractivity contribution in [1.29, 1.82) is 0 Å². The van der Waals surface area contributed by atoms with Crippen LogP contribution in [0.2, 0.25) is 0 Å². The minimum Gasteiger partial charge on any atom is -0.494 e. The highest BCUT2D eigenvalue weighted by Gasteiger charge is 2.00. The first-order chi connectivity index (χ1) is 10.2. The van der Waals surface area contributed by atoms with Crippen molar-refractivity contribution >= 4 is 17.7 Å². The highest BCUT2D eigenvalue weighted by Crippen LogP contribution is 2.13. The Labute approximate surface area is 124 Å². The quantitative estimate of drug-likeness (QED) is 0.830. The minimum atomic E-state index is -0.181. The fourth-order valence-corrected chi connectivity index (χ4v) is 1.80. The molecule has 0 aliphatic carbocycles. The molecule has 1 aromatic heterocycles. The number of aryl methyl sites for hydroxylation is 1. The Bertz CT molecular complexity index is 615. The molecule has 0 radical (unpaired) electrons. The summed E-state index contributed by atoms with van der Waals surface area (Å²) in [5.74, 6) is 0.644. The molecule has 0 aliphatic rings. The van der Waals surface area contributed by atoms with E-state index in [1.54, 1.807) is 23.2 Å². The second-order valence-corrected chi connectivity index (χ2v) is 4.41. The summed E-state index contributed by atoms with van der Waals surface area (Å²) in [5.41, 5.74) is 1.64. The third-order valence-corrected chi connectivity index (χ3v) is 2.84. The van der Waals surface area contributed by atoms with Crippen LogP contribution in [-0.4, -0.2) is 22.3 Å². The first-order valence-electron chi connectivity index (χ1n) is 6.95. The summed E-state index contributed by atoms with van der Waals surface area (Å²) < 4.78 is 7.12. The van der Waals surface area contributed by atoms with Crippen LogP contribution in [0.3, 0.4) is 0 Å². The van der Waals surface area contributed by atoms with E-state index < -0.39 is 0 Å². The molecule has 1 N–H and O–H groups in total. The molecular weight excluding hydrogens is 266 g/mol. The van der Waals surface area contributed by atoms with Crippen molar-refractivity contribution in [3.63, 3.8) is 0 Å². The topological polar surface area (TPSA) is 56.1 Å². The maximum Gasteiger partial charge on any atom is 0.248 e. The molecule has 1 amide bonds. The maximum atomic E-state index is 11.8. The lowest BCUT2D eigenvalue weighted by Gasteiger charge is -2.02. The van der Waals surface area contributed by atoms with E-state index in [1.165, 1.54) is 6.08 Å². The Morgan fingerprint density at radius 2 is 2.10 bits per heavy atom. The van der Waals surface area contributed by atoms with E-state index in [-0.39, 0.29) is 5.91 Å². The van der Waals surface area contributed by atoms with Crippen molar-refractivity contribution in [1.82, 2.24) is 9.78 Å². The lowest BCUT2D eigenvalue weighted by atomic mass is 10.2. The summed E-state index contributed by atoms with van der Waals surface area (Å²) >= 11 is 0. The van der Waals surface area contributed by atoms with Gasteiger partial charge in [0.25, 0.3) is 0 Å². The van der Waals surface area contributed by atoms with Gasteiger partial charge in [-0.2, -0.15) is 5.10 Å². The normalized spacial score (nSPS) is 10.8. The summed E-state index contributed by atoms with van der Waals surface area (Å²) in [6.07, 6.45) is 6.68. The van der Waals surface area contributed by atoms with Gasteiger partial charge in [0, 0.05) is 18.8 Å². The third-order valence-electron chi connectivity index (χ3n) is 2.84. The minimum absolute atomic E-state index is 0.181. The number of aromatic nitrogens is 2. The van der Waals surface area contributed by atoms with Crippen LogP contribution in [0.25, 0.3) is 6.08 Å². The van der Waals surface area contributed by atoms with Crippen molar-refractivity contribution in [2.24, 2.45) is 0 Å². The van der Waals surface area contributed by atoms with Gasteiger partial charge < -0.3 is 10.1 Å². The van der Waals surface area contributed by atoms with Crippen LogP contribution in [0.1, 0.15) is 19.4 Å². The average molecular weight is 285 g/mol. The van der Waals surface area contributed by atoms with E-state index in [9.17, 15) is 4.79 Å². The van der Waals surface area contributed by atoms with Crippen molar-refractivity contribution in [3.8, 4) is 5.75 Å². The Morgan fingerprint density at radius 1 is 1.33 bits per heavy atom. The number of amides is 1. The summed E-state index contributed by atoms with van der Waals surface area (Å²) in [6.45, 7) is 5.35. The van der Waals surface area contributed by atoms with Crippen LogP contribution in [0.5, 0.6) is 5.75 Å². The number of nitrogens with zero attached hydrogens (tertiary/aromatic N) is 2. The number of anilines is 1. The fraction of sp³-hybridized carbons (Fsp3) is 0.250. The zero-order chi connectivity index (χ0) is 15.1. The van der Waals surface area contributed by atoms with Crippen molar-refractivity contribution < 1.29 is 9.53 Å². The molecule has 1 heterocycles. The average Bonchev–Trinajstić information content (AvgIpc) is 2.94. The predicted molar refractivity (Wildman–Crippen MR) is 83.2 cm³/mol. The second-order valence-electron chi connectivity index (χ2n) is 4.41. The molecule has 0 saturated carbocycles. The molecule has 1 aromatic carbocycles. The number of benzene rings is 1. The number of hydrogen-bond donors (Lipinski definition) is 1. The maximum absolute atomic E-state index is 11.8. The Balaban J connectivity index is 1.91. The summed E-state index contributed by atoms with van der Waals surface area (Å²) in [7, 11) is 0. The van der Waals surface area contributed by atoms with Gasteiger partial charge >= 0.3 is 0 Å². The van der Waals surface area contributed by atoms with Gasteiger partial charge in [-0.15, -0.1) is 0 Å². The monoisotopic (exact) mass is 285 g/mol. The number of rotatable bonds is 6. The van der Waals surface area contributed by atoms with Gasteiger partial charge in [0.05, 0.1) is 18.5 Å². The molecule has 0 aliphatic heterocycles. The highest BCUT2D eigenvalue weighted by atomic mass is 16.5. The van der Waals surface area contributed by atoms with Gasteiger partial charge in [0.15, 0.2) is 0 Å². The van der Waals surface area contributed by atoms with E-state index in [4.69, 9.17) is 4.74 Å². The standard InChI is InChI=1S/C16H19N3O2/c1-3-19-12-14(11-17-19)18-16(20)10-7-13-5-8-15(9-6-13)21-4-2/h5-12H,3-4H2,1-2H3,(H,18,20)/b10-7+. The molecule has 0 spiro atoms. The van der Waals surface area contributed by atoms with E-state index in [0.29, 0.717) is 12.3 Å². The molecule has 5 heteroatoms. The SMILES string of the molecule is CCOc1ccc(/C=C/C(=O)Nc2cnn(CC)c2)cc1. The van der Waals surface area contributed by atoms with Gasteiger partial charge in [-0.25, -0.2) is 0 Å². The molecule has 0 atom stereocenters. The zero-order valence-electron chi connectivity index (χ0n) is 12.2. The van der Waals surface area contributed by atoms with E-state index >= 15 is 0 Å². The number of nitrogens with one attached hydrogen (secondary N) is 1. The predicted octanol–water partition coefficient (Wildman–Crippen LogP) is 2.95. The molecule has 0 saturated heterocycles. The third kappa shape index (κ3) is 4.49. The van der Waals surface area contributed by atoms with Crippen LogP contribution in [0.4, 0.5) is 5.69 Å². The molecule has 110 valence electrons. The number of carbonyl (C=O) groups is 1.